The Morgan fingerprint density at radius 3 is 2.93 bits per heavy atom. The molecule has 1 saturated heterocycles. The third-order valence-electron chi connectivity index (χ3n) is 2.22. The van der Waals surface area contributed by atoms with E-state index in [4.69, 9.17) is 0 Å². The van der Waals surface area contributed by atoms with Gasteiger partial charge in [0.2, 0.25) is 0 Å². The zero-order chi connectivity index (χ0) is 9.97. The van der Waals surface area contributed by atoms with Crippen LogP contribution < -0.4 is 15.0 Å². The lowest BCUT2D eigenvalue weighted by Crippen LogP contribution is -2.45. The second-order valence-electron chi connectivity index (χ2n) is 3.34. The van der Waals surface area contributed by atoms with Gasteiger partial charge in [0.05, 0.1) is 0 Å². The molecule has 1 aliphatic heterocycles. The summed E-state index contributed by atoms with van der Waals surface area (Å²) in [6.07, 6.45) is 0. The molecule has 0 amide bonds. The van der Waals surface area contributed by atoms with Crippen LogP contribution in [-0.2, 0) is 0 Å². The molecule has 0 bridgehead atoms. The molecule has 0 aliphatic carbocycles. The first kappa shape index (κ1) is 9.61. The molecule has 0 radical (unpaired) electrons. The first-order chi connectivity index (χ1) is 6.77. The number of piperazine rings is 1. The lowest BCUT2D eigenvalue weighted by atomic mass is 10.4. The van der Waals surface area contributed by atoms with Crippen LogP contribution in [0, 0.1) is 6.92 Å². The molecule has 0 spiro atoms. The molecule has 1 aromatic heterocycles. The summed E-state index contributed by atoms with van der Waals surface area (Å²) in [5.41, 5.74) is 0.920. The predicted octanol–water partition coefficient (Wildman–Crippen LogP) is 0.221. The van der Waals surface area contributed by atoms with Crippen LogP contribution in [0.1, 0.15) is 5.69 Å². The van der Waals surface area contributed by atoms with Gasteiger partial charge in [0.15, 0.2) is 5.82 Å². The molecule has 2 heterocycles. The van der Waals surface area contributed by atoms with Gasteiger partial charge in [-0.3, -0.25) is 4.79 Å². The van der Waals surface area contributed by atoms with E-state index in [9.17, 15) is 4.79 Å². The van der Waals surface area contributed by atoms with Crippen LogP contribution in [0.2, 0.25) is 0 Å². The molecule has 2 rings (SSSR count). The van der Waals surface area contributed by atoms with Gasteiger partial charge in [-0.15, -0.1) is 0 Å². The maximum atomic E-state index is 11.6. The Kier molecular flexibility index (Phi) is 2.79. The lowest BCUT2D eigenvalue weighted by molar-refractivity contribution is 0.584. The van der Waals surface area contributed by atoms with Gasteiger partial charge < -0.3 is 10.2 Å². The summed E-state index contributed by atoms with van der Waals surface area (Å²) in [6.45, 7) is 5.53. The van der Waals surface area contributed by atoms with Crippen LogP contribution in [0.4, 0.5) is 5.82 Å². The summed E-state index contributed by atoms with van der Waals surface area (Å²) in [4.78, 5) is 17.9. The van der Waals surface area contributed by atoms with Gasteiger partial charge in [0.1, 0.15) is 0 Å². The molecular formula is C9H13N3OS. The Labute approximate surface area is 86.6 Å². The van der Waals surface area contributed by atoms with Crippen LogP contribution in [-0.4, -0.2) is 31.2 Å². The van der Waals surface area contributed by atoms with Crippen molar-refractivity contribution in [1.82, 2.24) is 10.3 Å². The Hall–Kier alpha value is -0.940. The average Bonchev–Trinajstić information content (AvgIpc) is 2.23. The van der Waals surface area contributed by atoms with Crippen LogP contribution in [0.25, 0.3) is 0 Å². The molecule has 0 aromatic carbocycles. The summed E-state index contributed by atoms with van der Waals surface area (Å²) < 4.78 is 0.0671. The van der Waals surface area contributed by atoms with E-state index in [2.05, 4.69) is 15.2 Å². The molecule has 0 unspecified atom stereocenters. The standard InChI is InChI=1S/C9H13N3OS/c1-7-6-14-9(13)8(11-7)12-4-2-10-3-5-12/h6,10H,2-5H2,1H3. The molecule has 4 nitrogen and oxygen atoms in total. The molecule has 1 aromatic rings. The highest BCUT2D eigenvalue weighted by Crippen LogP contribution is 2.08. The quantitative estimate of drug-likeness (QED) is 0.722. The predicted molar refractivity (Wildman–Crippen MR) is 58.2 cm³/mol. The van der Waals surface area contributed by atoms with E-state index in [1.807, 2.05) is 6.92 Å². The topological polar surface area (TPSA) is 45.2 Å². The van der Waals surface area contributed by atoms with Gasteiger partial charge in [-0.05, 0) is 6.92 Å². The van der Waals surface area contributed by atoms with Crippen molar-refractivity contribution in [3.8, 4) is 0 Å². The third-order valence-corrected chi connectivity index (χ3v) is 3.07. The van der Waals surface area contributed by atoms with E-state index in [-0.39, 0.29) is 4.74 Å². The second kappa shape index (κ2) is 4.06. The van der Waals surface area contributed by atoms with Crippen molar-refractivity contribution in [2.45, 2.75) is 6.92 Å². The molecular weight excluding hydrogens is 198 g/mol. The number of aryl methyl sites for hydroxylation is 1. The summed E-state index contributed by atoms with van der Waals surface area (Å²) in [5, 5.41) is 5.05. The number of hydrogen-bond acceptors (Lipinski definition) is 5. The molecule has 0 atom stereocenters. The number of hydrogen-bond donors (Lipinski definition) is 1. The van der Waals surface area contributed by atoms with Crippen molar-refractivity contribution in [3.63, 3.8) is 0 Å². The summed E-state index contributed by atoms with van der Waals surface area (Å²) in [5.74, 6) is 0.622. The third kappa shape index (κ3) is 1.93. The fraction of sp³-hybridized carbons (Fsp3) is 0.556. The minimum absolute atomic E-state index is 0.0671. The Morgan fingerprint density at radius 1 is 1.50 bits per heavy atom. The van der Waals surface area contributed by atoms with Crippen LogP contribution in [0.15, 0.2) is 10.2 Å². The monoisotopic (exact) mass is 211 g/mol. The second-order valence-corrected chi connectivity index (χ2v) is 4.18. The Balaban J connectivity index is 2.29. The largest absolute Gasteiger partial charge is 0.350 e. The molecule has 1 fully saturated rings. The molecule has 0 saturated carbocycles. The minimum atomic E-state index is 0.0671. The Bertz CT molecular complexity index is 371. The summed E-state index contributed by atoms with van der Waals surface area (Å²) >= 11 is 1.23. The van der Waals surface area contributed by atoms with Crippen molar-refractivity contribution in [2.24, 2.45) is 0 Å². The first-order valence-corrected chi connectivity index (χ1v) is 5.57. The van der Waals surface area contributed by atoms with Gasteiger partial charge in [-0.1, -0.05) is 11.3 Å². The summed E-state index contributed by atoms with van der Waals surface area (Å²) in [7, 11) is 0. The van der Waals surface area contributed by atoms with Gasteiger partial charge in [0, 0.05) is 37.3 Å². The van der Waals surface area contributed by atoms with Gasteiger partial charge >= 0.3 is 0 Å². The highest BCUT2D eigenvalue weighted by atomic mass is 32.1. The lowest BCUT2D eigenvalue weighted by Gasteiger charge is -2.27. The highest BCUT2D eigenvalue weighted by Gasteiger charge is 2.14. The highest BCUT2D eigenvalue weighted by molar-refractivity contribution is 7.07. The molecule has 5 heteroatoms. The maximum Gasteiger partial charge on any atom is 0.274 e. The van der Waals surface area contributed by atoms with E-state index in [1.165, 1.54) is 11.3 Å². The van der Waals surface area contributed by atoms with E-state index < -0.39 is 0 Å². The number of rotatable bonds is 1. The van der Waals surface area contributed by atoms with Crippen molar-refractivity contribution < 1.29 is 0 Å². The zero-order valence-electron chi connectivity index (χ0n) is 8.12. The van der Waals surface area contributed by atoms with Crippen LogP contribution >= 0.6 is 11.3 Å². The first-order valence-electron chi connectivity index (χ1n) is 4.69. The number of aromatic nitrogens is 1. The SMILES string of the molecule is Cc1csc(=O)c(N2CCNCC2)n1. The van der Waals surface area contributed by atoms with Crippen molar-refractivity contribution >= 4 is 17.2 Å². The van der Waals surface area contributed by atoms with E-state index in [1.54, 1.807) is 5.38 Å². The fourth-order valence-electron chi connectivity index (χ4n) is 1.51. The van der Waals surface area contributed by atoms with E-state index >= 15 is 0 Å². The van der Waals surface area contributed by atoms with Gasteiger partial charge in [0.25, 0.3) is 4.74 Å². The van der Waals surface area contributed by atoms with Crippen molar-refractivity contribution in [2.75, 3.05) is 31.1 Å². The van der Waals surface area contributed by atoms with Gasteiger partial charge in [-0.25, -0.2) is 4.98 Å². The van der Waals surface area contributed by atoms with Crippen molar-refractivity contribution in [3.05, 3.63) is 20.6 Å². The van der Waals surface area contributed by atoms with E-state index in [0.717, 1.165) is 31.9 Å². The van der Waals surface area contributed by atoms with E-state index in [0.29, 0.717) is 5.82 Å². The number of nitrogens with zero attached hydrogens (tertiary/aromatic N) is 2. The smallest absolute Gasteiger partial charge is 0.274 e. The molecule has 1 aliphatic rings. The van der Waals surface area contributed by atoms with Crippen molar-refractivity contribution in [1.29, 1.82) is 0 Å². The van der Waals surface area contributed by atoms with Crippen LogP contribution in [0.5, 0.6) is 0 Å². The zero-order valence-corrected chi connectivity index (χ0v) is 8.93. The molecule has 76 valence electrons. The molecule has 1 N–H and O–H groups in total. The minimum Gasteiger partial charge on any atom is -0.350 e. The van der Waals surface area contributed by atoms with Crippen LogP contribution in [0.3, 0.4) is 0 Å². The normalized spacial score (nSPS) is 17.1. The Morgan fingerprint density at radius 2 is 2.21 bits per heavy atom. The molecule has 14 heavy (non-hydrogen) atoms. The average molecular weight is 211 g/mol. The van der Waals surface area contributed by atoms with Gasteiger partial charge in [-0.2, -0.15) is 0 Å². The number of nitrogens with one attached hydrogen (secondary N) is 1. The maximum absolute atomic E-state index is 11.6. The summed E-state index contributed by atoms with van der Waals surface area (Å²) in [6, 6.07) is 0. The number of anilines is 1. The fourth-order valence-corrected chi connectivity index (χ4v) is 2.12.